The van der Waals surface area contributed by atoms with E-state index in [0.29, 0.717) is 5.02 Å². The first-order valence-electron chi connectivity index (χ1n) is 5.97. The molecule has 3 aromatic rings. The normalized spacial score (nSPS) is 10.6. The van der Waals surface area contributed by atoms with Crippen LogP contribution in [0.2, 0.25) is 5.02 Å². The molecule has 0 aliphatic heterocycles. The number of hydrogen-bond acceptors (Lipinski definition) is 2. The van der Waals surface area contributed by atoms with Crippen LogP contribution in [-0.2, 0) is 0 Å². The van der Waals surface area contributed by atoms with E-state index >= 15 is 0 Å². The summed E-state index contributed by atoms with van der Waals surface area (Å²) in [6.45, 7) is 1.99. The molecular formula is C15H12ClN3. The van der Waals surface area contributed by atoms with Crippen molar-refractivity contribution in [3.63, 3.8) is 0 Å². The van der Waals surface area contributed by atoms with Crippen molar-refractivity contribution in [3.8, 4) is 22.4 Å². The average Bonchev–Trinajstić information content (AvgIpc) is 2.82. The van der Waals surface area contributed by atoms with Crippen LogP contribution in [0.15, 0.2) is 48.8 Å². The van der Waals surface area contributed by atoms with Crippen molar-refractivity contribution in [2.24, 2.45) is 0 Å². The summed E-state index contributed by atoms with van der Waals surface area (Å²) in [6.07, 6.45) is 3.56. The summed E-state index contributed by atoms with van der Waals surface area (Å²) in [5, 5.41) is 8.11. The van der Waals surface area contributed by atoms with Crippen LogP contribution in [0.4, 0.5) is 0 Å². The second-order valence-electron chi connectivity index (χ2n) is 4.31. The van der Waals surface area contributed by atoms with Gasteiger partial charge in [0.2, 0.25) is 0 Å². The predicted octanol–water partition coefficient (Wildman–Crippen LogP) is 4.10. The molecule has 4 heteroatoms. The summed E-state index contributed by atoms with van der Waals surface area (Å²) in [5.41, 5.74) is 5.15. The topological polar surface area (TPSA) is 41.6 Å². The number of aromatic amines is 1. The molecule has 0 amide bonds. The van der Waals surface area contributed by atoms with Gasteiger partial charge < -0.3 is 0 Å². The van der Waals surface area contributed by atoms with Crippen LogP contribution in [-0.4, -0.2) is 15.2 Å². The first-order valence-corrected chi connectivity index (χ1v) is 6.35. The van der Waals surface area contributed by atoms with E-state index in [1.165, 1.54) is 0 Å². The fourth-order valence-corrected chi connectivity index (χ4v) is 2.35. The third kappa shape index (κ3) is 2.25. The zero-order chi connectivity index (χ0) is 13.2. The molecule has 0 spiro atoms. The SMILES string of the molecule is Cc1n[nH]c(-c2cccc(Cl)c2)c1-c1ccncc1. The van der Waals surface area contributed by atoms with Gasteiger partial charge in [-0.15, -0.1) is 0 Å². The lowest BCUT2D eigenvalue weighted by Crippen LogP contribution is -1.84. The number of H-pyrrole nitrogens is 1. The van der Waals surface area contributed by atoms with E-state index in [4.69, 9.17) is 11.6 Å². The summed E-state index contributed by atoms with van der Waals surface area (Å²) < 4.78 is 0. The Morgan fingerprint density at radius 3 is 2.58 bits per heavy atom. The highest BCUT2D eigenvalue weighted by atomic mass is 35.5. The fourth-order valence-electron chi connectivity index (χ4n) is 2.16. The molecule has 0 unspecified atom stereocenters. The molecular weight excluding hydrogens is 258 g/mol. The van der Waals surface area contributed by atoms with E-state index in [0.717, 1.165) is 28.1 Å². The number of halogens is 1. The number of pyridine rings is 1. The van der Waals surface area contributed by atoms with E-state index in [9.17, 15) is 0 Å². The number of nitrogens with one attached hydrogen (secondary N) is 1. The van der Waals surface area contributed by atoms with Gasteiger partial charge in [-0.1, -0.05) is 23.7 Å². The number of aromatic nitrogens is 3. The smallest absolute Gasteiger partial charge is 0.0732 e. The van der Waals surface area contributed by atoms with Crippen LogP contribution < -0.4 is 0 Å². The molecule has 2 aromatic heterocycles. The van der Waals surface area contributed by atoms with Gasteiger partial charge >= 0.3 is 0 Å². The van der Waals surface area contributed by atoms with Crippen molar-refractivity contribution in [1.29, 1.82) is 0 Å². The van der Waals surface area contributed by atoms with E-state index in [1.807, 2.05) is 43.3 Å². The molecule has 0 atom stereocenters. The molecule has 3 rings (SSSR count). The first-order chi connectivity index (χ1) is 9.25. The van der Waals surface area contributed by atoms with Crippen LogP contribution in [0.3, 0.4) is 0 Å². The third-order valence-electron chi connectivity index (χ3n) is 3.03. The van der Waals surface area contributed by atoms with E-state index in [1.54, 1.807) is 12.4 Å². The number of hydrogen-bond donors (Lipinski definition) is 1. The highest BCUT2D eigenvalue weighted by Crippen LogP contribution is 2.33. The average molecular weight is 270 g/mol. The van der Waals surface area contributed by atoms with Gasteiger partial charge in [0.25, 0.3) is 0 Å². The second kappa shape index (κ2) is 4.86. The Morgan fingerprint density at radius 1 is 1.05 bits per heavy atom. The minimum absolute atomic E-state index is 0.713. The van der Waals surface area contributed by atoms with Gasteiger partial charge in [-0.25, -0.2) is 0 Å². The monoisotopic (exact) mass is 269 g/mol. The molecule has 0 aliphatic carbocycles. The Kier molecular flexibility index (Phi) is 3.05. The fraction of sp³-hybridized carbons (Fsp3) is 0.0667. The highest BCUT2D eigenvalue weighted by Gasteiger charge is 2.13. The summed E-state index contributed by atoms with van der Waals surface area (Å²) in [5.74, 6) is 0. The van der Waals surface area contributed by atoms with E-state index in [-0.39, 0.29) is 0 Å². The molecule has 19 heavy (non-hydrogen) atoms. The molecule has 0 aliphatic rings. The quantitative estimate of drug-likeness (QED) is 0.761. The van der Waals surface area contributed by atoms with Crippen LogP contribution in [0, 0.1) is 6.92 Å². The number of aryl methyl sites for hydroxylation is 1. The van der Waals surface area contributed by atoms with Gasteiger partial charge in [0.15, 0.2) is 0 Å². The molecule has 3 nitrogen and oxygen atoms in total. The highest BCUT2D eigenvalue weighted by molar-refractivity contribution is 6.30. The molecule has 2 heterocycles. The number of nitrogens with zero attached hydrogens (tertiary/aromatic N) is 2. The molecule has 0 radical (unpaired) electrons. The van der Waals surface area contributed by atoms with Gasteiger partial charge in [-0.2, -0.15) is 5.10 Å². The van der Waals surface area contributed by atoms with Crippen LogP contribution in [0.5, 0.6) is 0 Å². The van der Waals surface area contributed by atoms with Crippen LogP contribution in [0.25, 0.3) is 22.4 Å². The number of rotatable bonds is 2. The molecule has 0 bridgehead atoms. The maximum Gasteiger partial charge on any atom is 0.0732 e. The molecule has 1 N–H and O–H groups in total. The van der Waals surface area contributed by atoms with Gasteiger partial charge in [0.1, 0.15) is 0 Å². The summed E-state index contributed by atoms with van der Waals surface area (Å²) >= 11 is 6.06. The zero-order valence-corrected chi connectivity index (χ0v) is 11.1. The Bertz CT molecular complexity index is 704. The molecule has 0 saturated heterocycles. The first kappa shape index (κ1) is 11.9. The van der Waals surface area contributed by atoms with Crippen molar-refractivity contribution < 1.29 is 0 Å². The molecule has 0 fully saturated rings. The minimum Gasteiger partial charge on any atom is -0.277 e. The Morgan fingerprint density at radius 2 is 1.84 bits per heavy atom. The van der Waals surface area contributed by atoms with Crippen molar-refractivity contribution >= 4 is 11.6 Å². The van der Waals surface area contributed by atoms with Crippen molar-refractivity contribution in [3.05, 3.63) is 59.5 Å². The van der Waals surface area contributed by atoms with Crippen molar-refractivity contribution in [2.45, 2.75) is 6.92 Å². The maximum atomic E-state index is 6.06. The minimum atomic E-state index is 0.713. The third-order valence-corrected chi connectivity index (χ3v) is 3.26. The lowest BCUT2D eigenvalue weighted by molar-refractivity contribution is 1.05. The van der Waals surface area contributed by atoms with Crippen LogP contribution in [0.1, 0.15) is 5.69 Å². The largest absolute Gasteiger partial charge is 0.277 e. The lowest BCUT2D eigenvalue weighted by atomic mass is 10.0. The van der Waals surface area contributed by atoms with E-state index in [2.05, 4.69) is 15.2 Å². The van der Waals surface area contributed by atoms with Crippen molar-refractivity contribution in [1.82, 2.24) is 15.2 Å². The van der Waals surface area contributed by atoms with Crippen molar-refractivity contribution in [2.75, 3.05) is 0 Å². The maximum absolute atomic E-state index is 6.06. The zero-order valence-electron chi connectivity index (χ0n) is 10.4. The van der Waals surface area contributed by atoms with Gasteiger partial charge in [-0.05, 0) is 36.8 Å². The Labute approximate surface area is 116 Å². The summed E-state index contributed by atoms with van der Waals surface area (Å²) in [7, 11) is 0. The molecule has 1 aromatic carbocycles. The lowest BCUT2D eigenvalue weighted by Gasteiger charge is -2.05. The van der Waals surface area contributed by atoms with Gasteiger partial charge in [-0.3, -0.25) is 10.1 Å². The number of benzene rings is 1. The predicted molar refractivity (Wildman–Crippen MR) is 77.0 cm³/mol. The summed E-state index contributed by atoms with van der Waals surface area (Å²) in [6, 6.07) is 11.7. The summed E-state index contributed by atoms with van der Waals surface area (Å²) in [4.78, 5) is 4.05. The van der Waals surface area contributed by atoms with Crippen LogP contribution >= 0.6 is 11.6 Å². The second-order valence-corrected chi connectivity index (χ2v) is 4.74. The van der Waals surface area contributed by atoms with Gasteiger partial charge in [0.05, 0.1) is 11.4 Å². The van der Waals surface area contributed by atoms with E-state index < -0.39 is 0 Å². The Hall–Kier alpha value is -2.13. The van der Waals surface area contributed by atoms with Gasteiger partial charge in [0, 0.05) is 28.5 Å². The molecule has 94 valence electrons. The molecule has 0 saturated carbocycles. The standard InChI is InChI=1S/C15H12ClN3/c1-10-14(11-5-7-17-8-6-11)15(19-18-10)12-3-2-4-13(16)9-12/h2-9H,1H3,(H,18,19). The Balaban J connectivity index is 2.19.